The minimum Gasteiger partial charge on any atom is -0.482 e. The van der Waals surface area contributed by atoms with Gasteiger partial charge in [-0.15, -0.1) is 0 Å². The number of benzene rings is 2. The van der Waals surface area contributed by atoms with E-state index in [0.717, 1.165) is 18.5 Å². The maximum atomic E-state index is 12.6. The molecule has 1 saturated carbocycles. The number of amides is 2. The van der Waals surface area contributed by atoms with Gasteiger partial charge < -0.3 is 15.0 Å². The minimum absolute atomic E-state index is 0.0148. The van der Waals surface area contributed by atoms with E-state index in [0.29, 0.717) is 18.8 Å². The number of carbonyl (C=O) groups excluding carboxylic acids is 2. The molecule has 2 aliphatic rings. The highest BCUT2D eigenvalue weighted by Gasteiger charge is 2.35. The molecule has 5 heteroatoms. The molecule has 0 aromatic heterocycles. The van der Waals surface area contributed by atoms with Crippen LogP contribution in [0.4, 0.5) is 5.69 Å². The quantitative estimate of drug-likeness (QED) is 0.838. The number of fused-ring (bicyclic) bond motifs is 1. The van der Waals surface area contributed by atoms with Crippen molar-refractivity contribution in [2.24, 2.45) is 0 Å². The van der Waals surface area contributed by atoms with E-state index in [-0.39, 0.29) is 30.3 Å². The molecule has 1 fully saturated rings. The fourth-order valence-electron chi connectivity index (χ4n) is 4.38. The third-order valence-electron chi connectivity index (χ3n) is 5.94. The average molecular weight is 378 g/mol. The molecule has 1 heterocycles. The zero-order valence-corrected chi connectivity index (χ0v) is 16.0. The number of hydrogen-bond acceptors (Lipinski definition) is 3. The largest absolute Gasteiger partial charge is 0.482 e. The SMILES string of the molecule is O=C(CCN1C(=O)COc2ccccc21)NCC1(c2ccccc2)CCCC1. The van der Waals surface area contributed by atoms with Crippen LogP contribution in [0.2, 0.25) is 0 Å². The van der Waals surface area contributed by atoms with Crippen LogP contribution in [0, 0.1) is 0 Å². The summed E-state index contributed by atoms with van der Waals surface area (Å²) in [5, 5.41) is 3.13. The van der Waals surface area contributed by atoms with Gasteiger partial charge in [0.15, 0.2) is 6.61 Å². The molecule has 0 atom stereocenters. The number of anilines is 1. The molecule has 5 nitrogen and oxygen atoms in total. The van der Waals surface area contributed by atoms with Gasteiger partial charge in [-0.25, -0.2) is 0 Å². The summed E-state index contributed by atoms with van der Waals surface area (Å²) in [6, 6.07) is 18.0. The van der Waals surface area contributed by atoms with Crippen molar-refractivity contribution in [2.45, 2.75) is 37.5 Å². The molecule has 1 aliphatic heterocycles. The number of ether oxygens (including phenoxy) is 1. The Morgan fingerprint density at radius 3 is 2.54 bits per heavy atom. The van der Waals surface area contributed by atoms with Gasteiger partial charge in [0.2, 0.25) is 5.91 Å². The maximum absolute atomic E-state index is 12.6. The summed E-state index contributed by atoms with van der Waals surface area (Å²) in [4.78, 5) is 26.4. The molecule has 28 heavy (non-hydrogen) atoms. The van der Waals surface area contributed by atoms with Crippen molar-refractivity contribution in [2.75, 3.05) is 24.6 Å². The first kappa shape index (κ1) is 18.5. The average Bonchev–Trinajstić information content (AvgIpc) is 3.22. The minimum atomic E-state index is -0.108. The molecular formula is C23H26N2O3. The van der Waals surface area contributed by atoms with Gasteiger partial charge in [0, 0.05) is 24.9 Å². The monoisotopic (exact) mass is 378 g/mol. The fraction of sp³-hybridized carbons (Fsp3) is 0.391. The number of rotatable bonds is 6. The van der Waals surface area contributed by atoms with Crippen molar-refractivity contribution in [3.8, 4) is 5.75 Å². The first-order valence-electron chi connectivity index (χ1n) is 10.0. The van der Waals surface area contributed by atoms with Crippen LogP contribution in [0.25, 0.3) is 0 Å². The Balaban J connectivity index is 1.37. The summed E-state index contributed by atoms with van der Waals surface area (Å²) in [6.07, 6.45) is 4.89. The number of nitrogens with one attached hydrogen (secondary N) is 1. The third kappa shape index (κ3) is 3.75. The maximum Gasteiger partial charge on any atom is 0.265 e. The topological polar surface area (TPSA) is 58.6 Å². The van der Waals surface area contributed by atoms with Crippen LogP contribution >= 0.6 is 0 Å². The Morgan fingerprint density at radius 1 is 1.04 bits per heavy atom. The lowest BCUT2D eigenvalue weighted by molar-refractivity contribution is -0.122. The second-order valence-corrected chi connectivity index (χ2v) is 7.68. The molecule has 0 spiro atoms. The normalized spacial score (nSPS) is 17.7. The Hall–Kier alpha value is -2.82. The van der Waals surface area contributed by atoms with Crippen LogP contribution in [-0.2, 0) is 15.0 Å². The zero-order chi connectivity index (χ0) is 19.4. The molecular weight excluding hydrogens is 352 g/mol. The van der Waals surface area contributed by atoms with E-state index in [1.165, 1.54) is 18.4 Å². The van der Waals surface area contributed by atoms with Gasteiger partial charge in [-0.05, 0) is 30.5 Å². The first-order chi connectivity index (χ1) is 13.7. The van der Waals surface area contributed by atoms with Crippen LogP contribution in [0.15, 0.2) is 54.6 Å². The summed E-state index contributed by atoms with van der Waals surface area (Å²) in [5.74, 6) is 0.568. The predicted molar refractivity (Wildman–Crippen MR) is 109 cm³/mol. The molecule has 1 N–H and O–H groups in total. The molecule has 2 aromatic rings. The fourth-order valence-corrected chi connectivity index (χ4v) is 4.38. The highest BCUT2D eigenvalue weighted by atomic mass is 16.5. The van der Waals surface area contributed by atoms with Crippen molar-refractivity contribution < 1.29 is 14.3 Å². The number of nitrogens with zero attached hydrogens (tertiary/aromatic N) is 1. The Morgan fingerprint density at radius 2 is 1.75 bits per heavy atom. The van der Waals surface area contributed by atoms with Gasteiger partial charge in [-0.2, -0.15) is 0 Å². The van der Waals surface area contributed by atoms with Crippen LogP contribution in [0.1, 0.15) is 37.7 Å². The van der Waals surface area contributed by atoms with E-state index in [9.17, 15) is 9.59 Å². The Bertz CT molecular complexity index is 844. The number of hydrogen-bond donors (Lipinski definition) is 1. The smallest absolute Gasteiger partial charge is 0.265 e. The van der Waals surface area contributed by atoms with Crippen molar-refractivity contribution in [3.05, 3.63) is 60.2 Å². The van der Waals surface area contributed by atoms with Crippen LogP contribution in [0.3, 0.4) is 0 Å². The van der Waals surface area contributed by atoms with Gasteiger partial charge in [-0.1, -0.05) is 55.3 Å². The predicted octanol–water partition coefficient (Wildman–Crippen LogP) is 3.43. The summed E-state index contributed by atoms with van der Waals surface area (Å²) < 4.78 is 5.46. The molecule has 0 saturated heterocycles. The lowest BCUT2D eigenvalue weighted by atomic mass is 9.79. The Labute approximate surface area is 165 Å². The highest BCUT2D eigenvalue weighted by molar-refractivity contribution is 5.98. The third-order valence-corrected chi connectivity index (χ3v) is 5.94. The lowest BCUT2D eigenvalue weighted by Gasteiger charge is -2.31. The van der Waals surface area contributed by atoms with Gasteiger partial charge in [0.25, 0.3) is 5.91 Å². The van der Waals surface area contributed by atoms with Gasteiger partial charge in [0.05, 0.1) is 5.69 Å². The van der Waals surface area contributed by atoms with Crippen molar-refractivity contribution in [3.63, 3.8) is 0 Å². The number of carbonyl (C=O) groups is 2. The van der Waals surface area contributed by atoms with Gasteiger partial charge in [0.1, 0.15) is 5.75 Å². The molecule has 2 aromatic carbocycles. The van der Waals surface area contributed by atoms with E-state index < -0.39 is 0 Å². The van der Waals surface area contributed by atoms with Crippen molar-refractivity contribution in [1.82, 2.24) is 5.32 Å². The van der Waals surface area contributed by atoms with Gasteiger partial charge >= 0.3 is 0 Å². The molecule has 4 rings (SSSR count). The summed E-state index contributed by atoms with van der Waals surface area (Å²) >= 11 is 0. The van der Waals surface area contributed by atoms with Crippen molar-refractivity contribution >= 4 is 17.5 Å². The van der Waals surface area contributed by atoms with Crippen LogP contribution < -0.4 is 15.0 Å². The van der Waals surface area contributed by atoms with E-state index >= 15 is 0 Å². The Kier molecular flexibility index (Phi) is 5.33. The molecule has 0 bridgehead atoms. The number of para-hydroxylation sites is 2. The molecule has 146 valence electrons. The standard InChI is InChI=1S/C23H26N2O3/c26-21(12-15-25-19-10-4-5-11-20(19)28-16-22(25)27)24-17-23(13-6-7-14-23)18-8-2-1-3-9-18/h1-5,8-11H,6-7,12-17H2,(H,24,26). The van der Waals surface area contributed by atoms with E-state index in [1.807, 2.05) is 30.3 Å². The first-order valence-corrected chi connectivity index (χ1v) is 10.0. The zero-order valence-electron chi connectivity index (χ0n) is 16.0. The van der Waals surface area contributed by atoms with Crippen molar-refractivity contribution in [1.29, 1.82) is 0 Å². The lowest BCUT2D eigenvalue weighted by Crippen LogP contribution is -2.43. The molecule has 0 radical (unpaired) electrons. The van der Waals surface area contributed by atoms with E-state index in [2.05, 4.69) is 29.6 Å². The van der Waals surface area contributed by atoms with Crippen LogP contribution in [0.5, 0.6) is 5.75 Å². The second-order valence-electron chi connectivity index (χ2n) is 7.68. The van der Waals surface area contributed by atoms with Crippen LogP contribution in [-0.4, -0.2) is 31.5 Å². The molecule has 0 unspecified atom stereocenters. The van der Waals surface area contributed by atoms with Gasteiger partial charge in [-0.3, -0.25) is 9.59 Å². The highest BCUT2D eigenvalue weighted by Crippen LogP contribution is 2.40. The molecule has 1 aliphatic carbocycles. The van der Waals surface area contributed by atoms with E-state index in [1.54, 1.807) is 4.90 Å². The summed E-state index contributed by atoms with van der Waals surface area (Å²) in [5.41, 5.74) is 2.09. The summed E-state index contributed by atoms with van der Waals surface area (Å²) in [7, 11) is 0. The second kappa shape index (κ2) is 8.05. The summed E-state index contributed by atoms with van der Waals surface area (Å²) in [6.45, 7) is 1.04. The molecule has 2 amide bonds. The van der Waals surface area contributed by atoms with E-state index in [4.69, 9.17) is 4.74 Å².